The molecular formula is C16H21N2P. The van der Waals surface area contributed by atoms with E-state index in [1.54, 1.807) is 0 Å². The second-order valence-electron chi connectivity index (χ2n) is 7.06. The molecule has 3 heteroatoms. The van der Waals surface area contributed by atoms with Crippen LogP contribution in [0.1, 0.15) is 58.1 Å². The van der Waals surface area contributed by atoms with Crippen molar-refractivity contribution in [2.24, 2.45) is 0 Å². The Labute approximate surface area is 117 Å². The van der Waals surface area contributed by atoms with Crippen LogP contribution in [0.4, 0.5) is 0 Å². The second-order valence-corrected chi connectivity index (χ2v) is 8.19. The van der Waals surface area contributed by atoms with Gasteiger partial charge in [0.15, 0.2) is 0 Å². The van der Waals surface area contributed by atoms with E-state index in [2.05, 4.69) is 59.7 Å². The highest BCUT2D eigenvalue weighted by Gasteiger charge is 2.23. The third-order valence-corrected chi connectivity index (χ3v) is 4.99. The summed E-state index contributed by atoms with van der Waals surface area (Å²) in [4.78, 5) is 0. The summed E-state index contributed by atoms with van der Waals surface area (Å²) in [7, 11) is 1.17. The van der Waals surface area contributed by atoms with E-state index in [1.807, 2.05) is 10.6 Å². The van der Waals surface area contributed by atoms with Crippen LogP contribution in [0, 0.1) is 11.3 Å². The monoisotopic (exact) mass is 272 g/mol. The molecule has 2 aromatic heterocycles. The van der Waals surface area contributed by atoms with Gasteiger partial charge in [-0.05, 0) is 36.7 Å². The molecule has 2 nitrogen and oxygen atoms in total. The summed E-state index contributed by atoms with van der Waals surface area (Å²) >= 11 is 0. The number of nitrogens with zero attached hydrogens (tertiary/aromatic N) is 2. The summed E-state index contributed by atoms with van der Waals surface area (Å²) < 4.78 is 2.04. The van der Waals surface area contributed by atoms with Crippen LogP contribution >= 0.6 is 8.19 Å². The molecule has 0 bridgehead atoms. The van der Waals surface area contributed by atoms with E-state index in [-0.39, 0.29) is 10.8 Å². The maximum atomic E-state index is 9.44. The third-order valence-electron chi connectivity index (χ3n) is 3.31. The van der Waals surface area contributed by atoms with Crippen LogP contribution in [0.5, 0.6) is 0 Å². The number of aromatic nitrogens is 1. The van der Waals surface area contributed by atoms with E-state index in [4.69, 9.17) is 0 Å². The largest absolute Gasteiger partial charge is 0.304 e. The van der Waals surface area contributed by atoms with Crippen molar-refractivity contribution in [3.05, 3.63) is 34.9 Å². The maximum Gasteiger partial charge on any atom is 0.133 e. The van der Waals surface area contributed by atoms with Crippen molar-refractivity contribution in [2.75, 3.05) is 0 Å². The molecule has 0 amide bonds. The first-order valence-electron chi connectivity index (χ1n) is 6.58. The predicted molar refractivity (Wildman–Crippen MR) is 82.0 cm³/mol. The first-order valence-corrected chi connectivity index (χ1v) is 7.47. The minimum atomic E-state index is 0.0283. The zero-order chi connectivity index (χ0) is 14.4. The fourth-order valence-electron chi connectivity index (χ4n) is 2.14. The Morgan fingerprint density at radius 2 is 1.74 bits per heavy atom. The van der Waals surface area contributed by atoms with Crippen molar-refractivity contribution >= 4 is 13.4 Å². The molecule has 0 radical (unpaired) electrons. The molecule has 0 atom stereocenters. The van der Waals surface area contributed by atoms with Crippen LogP contribution in [0.3, 0.4) is 0 Å². The van der Waals surface area contributed by atoms with Crippen LogP contribution < -0.4 is 0 Å². The van der Waals surface area contributed by atoms with Crippen molar-refractivity contribution in [3.63, 3.8) is 0 Å². The van der Waals surface area contributed by atoms with Gasteiger partial charge in [0.25, 0.3) is 0 Å². The van der Waals surface area contributed by atoms with E-state index < -0.39 is 0 Å². The fourth-order valence-corrected chi connectivity index (χ4v) is 3.45. The first kappa shape index (κ1) is 14.1. The molecule has 0 fully saturated rings. The highest BCUT2D eigenvalue weighted by molar-refractivity contribution is 7.37. The quantitative estimate of drug-likeness (QED) is 0.664. The van der Waals surface area contributed by atoms with E-state index in [0.29, 0.717) is 0 Å². The summed E-state index contributed by atoms with van der Waals surface area (Å²) in [5, 5.41) is 11.9. The van der Waals surface area contributed by atoms with Crippen molar-refractivity contribution in [3.8, 4) is 6.07 Å². The van der Waals surface area contributed by atoms with Gasteiger partial charge in [0.2, 0.25) is 0 Å². The summed E-state index contributed by atoms with van der Waals surface area (Å²) in [5.74, 6) is 0. The molecule has 0 aliphatic rings. The normalized spacial score (nSPS) is 13.1. The Morgan fingerprint density at radius 3 is 2.21 bits per heavy atom. The topological polar surface area (TPSA) is 28.2 Å². The van der Waals surface area contributed by atoms with Crippen molar-refractivity contribution < 1.29 is 0 Å². The van der Waals surface area contributed by atoms with Crippen LogP contribution in [-0.2, 0) is 10.8 Å². The number of rotatable bonds is 0. The maximum absolute atomic E-state index is 9.44. The Bertz CT molecular complexity index is 661. The number of pyridine rings is 1. The fraction of sp³-hybridized carbons (Fsp3) is 0.500. The molecule has 0 unspecified atom stereocenters. The Kier molecular flexibility index (Phi) is 3.23. The molecule has 0 aliphatic carbocycles. The molecule has 0 aromatic carbocycles. The summed E-state index contributed by atoms with van der Waals surface area (Å²) in [5.41, 5.74) is 2.28. The SMILES string of the molecule is CC(C)(C)c1ccn2c(C#N)c(C(C)(C)C)pc2c1. The standard InChI is InChI=1S/C16H21N2P/c1-15(2,3)11-7-8-18-12(10-17)14(16(4,5)6)19-13(18)9-11/h7-9H,1-6H3. The van der Waals surface area contributed by atoms with E-state index >= 15 is 0 Å². The van der Waals surface area contributed by atoms with Gasteiger partial charge in [0.1, 0.15) is 11.8 Å². The van der Waals surface area contributed by atoms with Crippen LogP contribution in [0.2, 0.25) is 0 Å². The molecule has 0 aliphatic heterocycles. The van der Waals surface area contributed by atoms with Crippen LogP contribution in [0.25, 0.3) is 5.25 Å². The van der Waals surface area contributed by atoms with Gasteiger partial charge in [-0.2, -0.15) is 5.26 Å². The minimum Gasteiger partial charge on any atom is -0.304 e. The Hall–Kier alpha value is -1.32. The number of fused-ring (bicyclic) bond motifs is 1. The smallest absolute Gasteiger partial charge is 0.133 e. The molecule has 0 N–H and O–H groups in total. The van der Waals surface area contributed by atoms with E-state index in [0.717, 1.165) is 5.69 Å². The highest BCUT2D eigenvalue weighted by Crippen LogP contribution is 2.38. The molecule has 0 spiro atoms. The lowest BCUT2D eigenvalue weighted by molar-refractivity contribution is 0.589. The van der Waals surface area contributed by atoms with Crippen molar-refractivity contribution in [1.29, 1.82) is 5.26 Å². The number of nitriles is 1. The molecular weight excluding hydrogens is 251 g/mol. The molecule has 2 aromatic rings. The lowest BCUT2D eigenvalue weighted by atomic mass is 9.88. The average Bonchev–Trinajstić information content (AvgIpc) is 2.64. The molecule has 19 heavy (non-hydrogen) atoms. The Morgan fingerprint density at radius 1 is 1.11 bits per heavy atom. The molecule has 0 saturated carbocycles. The van der Waals surface area contributed by atoms with Gasteiger partial charge in [0, 0.05) is 11.5 Å². The van der Waals surface area contributed by atoms with Gasteiger partial charge >= 0.3 is 0 Å². The molecule has 2 heterocycles. The second kappa shape index (κ2) is 4.36. The number of hydrogen-bond acceptors (Lipinski definition) is 1. The summed E-state index contributed by atoms with van der Waals surface area (Å²) in [6.45, 7) is 13.2. The first-order chi connectivity index (χ1) is 8.64. The summed E-state index contributed by atoms with van der Waals surface area (Å²) in [6, 6.07) is 6.73. The lowest BCUT2D eigenvalue weighted by Gasteiger charge is -2.19. The zero-order valence-corrected chi connectivity index (χ0v) is 13.5. The van der Waals surface area contributed by atoms with Crippen molar-refractivity contribution in [2.45, 2.75) is 52.4 Å². The predicted octanol–water partition coefficient (Wildman–Crippen LogP) is 4.99. The van der Waals surface area contributed by atoms with Crippen LogP contribution in [-0.4, -0.2) is 4.40 Å². The van der Waals surface area contributed by atoms with E-state index in [9.17, 15) is 5.26 Å². The van der Waals surface area contributed by atoms with Gasteiger partial charge in [-0.1, -0.05) is 41.5 Å². The van der Waals surface area contributed by atoms with Gasteiger partial charge in [-0.15, -0.1) is 0 Å². The average molecular weight is 272 g/mol. The molecule has 2 rings (SSSR count). The van der Waals surface area contributed by atoms with Crippen molar-refractivity contribution in [1.82, 2.24) is 4.40 Å². The van der Waals surface area contributed by atoms with Gasteiger partial charge in [0.05, 0.1) is 5.25 Å². The highest BCUT2D eigenvalue weighted by atomic mass is 31.0. The zero-order valence-electron chi connectivity index (χ0n) is 12.6. The third kappa shape index (κ3) is 2.53. The van der Waals surface area contributed by atoms with Gasteiger partial charge in [-0.25, -0.2) is 0 Å². The number of hydrogen-bond donors (Lipinski definition) is 0. The van der Waals surface area contributed by atoms with E-state index in [1.165, 1.54) is 24.3 Å². The Balaban J connectivity index is 2.74. The van der Waals surface area contributed by atoms with Gasteiger partial charge in [-0.3, -0.25) is 0 Å². The van der Waals surface area contributed by atoms with Gasteiger partial charge < -0.3 is 4.40 Å². The minimum absolute atomic E-state index is 0.0283. The molecule has 100 valence electrons. The summed E-state index contributed by atoms with van der Waals surface area (Å²) in [6.07, 6.45) is 2.04. The van der Waals surface area contributed by atoms with Crippen LogP contribution in [0.15, 0.2) is 18.3 Å². The lowest BCUT2D eigenvalue weighted by Crippen LogP contribution is -2.12. The molecule has 0 saturated heterocycles.